The lowest BCUT2D eigenvalue weighted by atomic mass is 9.93. The normalized spacial score (nSPS) is 28.9. The second kappa shape index (κ2) is 4.56. The molecular weight excluding hydrogens is 254 g/mol. The lowest BCUT2D eigenvalue weighted by Crippen LogP contribution is -2.42. The molecule has 2 unspecified atom stereocenters. The molecule has 104 valence electrons. The van der Waals surface area contributed by atoms with E-state index in [1.807, 2.05) is 0 Å². The largest absolute Gasteiger partial charge is 0.346 e. The summed E-state index contributed by atoms with van der Waals surface area (Å²) in [6, 6.07) is -0.946. The number of H-pyrrole nitrogens is 1. The van der Waals surface area contributed by atoms with Crippen LogP contribution in [0, 0.1) is 0 Å². The number of fused-ring (bicyclic) bond motifs is 1. The Morgan fingerprint density at radius 3 is 3.11 bits per heavy atom. The Kier molecular flexibility index (Phi) is 3.00. The lowest BCUT2D eigenvalue weighted by molar-refractivity contribution is -0.124. The van der Waals surface area contributed by atoms with Crippen molar-refractivity contribution in [2.24, 2.45) is 0 Å². The number of halogens is 2. The number of carbonyl (C=O) groups excluding carboxylic acids is 1. The van der Waals surface area contributed by atoms with E-state index in [0.717, 1.165) is 30.5 Å². The van der Waals surface area contributed by atoms with Crippen LogP contribution in [0.3, 0.4) is 0 Å². The second-order valence-corrected chi connectivity index (χ2v) is 5.26. The fraction of sp³-hybridized carbons (Fsp3) is 0.667. The van der Waals surface area contributed by atoms with Crippen molar-refractivity contribution < 1.29 is 13.6 Å². The van der Waals surface area contributed by atoms with Crippen molar-refractivity contribution in [2.75, 3.05) is 6.54 Å². The van der Waals surface area contributed by atoms with Crippen LogP contribution in [0.15, 0.2) is 6.20 Å². The van der Waals surface area contributed by atoms with Crippen molar-refractivity contribution in [1.29, 1.82) is 0 Å². The van der Waals surface area contributed by atoms with Crippen molar-refractivity contribution in [3.63, 3.8) is 0 Å². The molecule has 0 radical (unpaired) electrons. The fourth-order valence-electron chi connectivity index (χ4n) is 2.78. The van der Waals surface area contributed by atoms with E-state index in [4.69, 9.17) is 0 Å². The number of nitrogens with one attached hydrogen (secondary N) is 3. The summed E-state index contributed by atoms with van der Waals surface area (Å²) < 4.78 is 26.1. The molecule has 5 nitrogen and oxygen atoms in total. The minimum atomic E-state index is -2.78. The monoisotopic (exact) mass is 270 g/mol. The fourth-order valence-corrected chi connectivity index (χ4v) is 2.78. The molecule has 0 saturated carbocycles. The van der Waals surface area contributed by atoms with Crippen LogP contribution < -0.4 is 10.6 Å². The van der Waals surface area contributed by atoms with Crippen LogP contribution in [0.4, 0.5) is 8.78 Å². The van der Waals surface area contributed by atoms with Crippen molar-refractivity contribution in [3.8, 4) is 0 Å². The number of aryl methyl sites for hydroxylation is 1. The average Bonchev–Trinajstić information content (AvgIpc) is 2.95. The number of aromatic amines is 1. The SMILES string of the molecule is O=C(NC1CCCc2cn[nH]c21)C1CC(F)(F)CN1. The summed E-state index contributed by atoms with van der Waals surface area (Å²) in [5.74, 6) is -3.14. The van der Waals surface area contributed by atoms with Gasteiger partial charge in [0.15, 0.2) is 0 Å². The maximum absolute atomic E-state index is 13.1. The number of alkyl halides is 2. The quantitative estimate of drug-likeness (QED) is 0.748. The number of carbonyl (C=O) groups is 1. The summed E-state index contributed by atoms with van der Waals surface area (Å²) in [5.41, 5.74) is 2.01. The zero-order valence-corrected chi connectivity index (χ0v) is 10.4. The number of hydrogen-bond donors (Lipinski definition) is 3. The van der Waals surface area contributed by atoms with Crippen LogP contribution in [0.5, 0.6) is 0 Å². The van der Waals surface area contributed by atoms with E-state index in [-0.39, 0.29) is 11.9 Å². The zero-order chi connectivity index (χ0) is 13.5. The van der Waals surface area contributed by atoms with Crippen LogP contribution in [-0.2, 0) is 11.2 Å². The maximum atomic E-state index is 13.1. The first-order valence-electron chi connectivity index (χ1n) is 6.49. The molecule has 1 fully saturated rings. The molecule has 0 spiro atoms. The molecule has 0 aromatic carbocycles. The predicted octanol–water partition coefficient (Wildman–Crippen LogP) is 0.900. The Morgan fingerprint density at radius 1 is 1.53 bits per heavy atom. The smallest absolute Gasteiger partial charge is 0.262 e. The molecule has 1 saturated heterocycles. The standard InChI is InChI=1S/C12H16F2N4O/c13-12(14)4-9(15-6-12)11(19)17-8-3-1-2-7-5-16-18-10(7)8/h5,8-9,15H,1-4,6H2,(H,16,18)(H,17,19). The number of amides is 1. The lowest BCUT2D eigenvalue weighted by Gasteiger charge is -2.24. The molecule has 1 aliphatic heterocycles. The Balaban J connectivity index is 1.65. The third-order valence-electron chi connectivity index (χ3n) is 3.78. The maximum Gasteiger partial charge on any atom is 0.262 e. The molecule has 2 aliphatic rings. The Labute approximate surface area is 109 Å². The van der Waals surface area contributed by atoms with Gasteiger partial charge in [0.2, 0.25) is 5.91 Å². The molecule has 2 atom stereocenters. The van der Waals surface area contributed by atoms with Gasteiger partial charge in [-0.05, 0) is 24.8 Å². The molecular formula is C12H16F2N4O. The highest BCUT2D eigenvalue weighted by Crippen LogP contribution is 2.29. The first kappa shape index (κ1) is 12.5. The van der Waals surface area contributed by atoms with E-state index in [0.29, 0.717) is 0 Å². The summed E-state index contributed by atoms with van der Waals surface area (Å²) in [6.45, 7) is -0.426. The van der Waals surface area contributed by atoms with Gasteiger partial charge in [-0.1, -0.05) is 0 Å². The van der Waals surface area contributed by atoms with E-state index in [9.17, 15) is 13.6 Å². The van der Waals surface area contributed by atoms with Crippen molar-refractivity contribution in [3.05, 3.63) is 17.5 Å². The average molecular weight is 270 g/mol. The van der Waals surface area contributed by atoms with Crippen molar-refractivity contribution in [2.45, 2.75) is 43.7 Å². The van der Waals surface area contributed by atoms with Gasteiger partial charge >= 0.3 is 0 Å². The van der Waals surface area contributed by atoms with Gasteiger partial charge in [-0.2, -0.15) is 5.10 Å². The summed E-state index contributed by atoms with van der Waals surface area (Å²) in [6.07, 6.45) is 4.05. The van der Waals surface area contributed by atoms with Gasteiger partial charge in [0.25, 0.3) is 5.92 Å². The van der Waals surface area contributed by atoms with Gasteiger partial charge in [0.1, 0.15) is 0 Å². The highest BCUT2D eigenvalue weighted by atomic mass is 19.3. The molecule has 2 heterocycles. The van der Waals surface area contributed by atoms with Crippen LogP contribution in [0.2, 0.25) is 0 Å². The summed E-state index contributed by atoms with van der Waals surface area (Å²) in [7, 11) is 0. The Morgan fingerprint density at radius 2 is 2.37 bits per heavy atom. The highest BCUT2D eigenvalue weighted by Gasteiger charge is 2.42. The third kappa shape index (κ3) is 2.47. The molecule has 3 rings (SSSR count). The van der Waals surface area contributed by atoms with E-state index in [1.54, 1.807) is 6.20 Å². The number of rotatable bonds is 2. The molecule has 1 aromatic heterocycles. The summed E-state index contributed by atoms with van der Waals surface area (Å²) >= 11 is 0. The first-order chi connectivity index (χ1) is 9.05. The highest BCUT2D eigenvalue weighted by molar-refractivity contribution is 5.82. The van der Waals surface area contributed by atoms with Gasteiger partial charge in [-0.3, -0.25) is 15.2 Å². The molecule has 7 heteroatoms. The Hall–Kier alpha value is -1.50. The van der Waals surface area contributed by atoms with E-state index >= 15 is 0 Å². The molecule has 3 N–H and O–H groups in total. The number of aromatic nitrogens is 2. The zero-order valence-electron chi connectivity index (χ0n) is 10.4. The van der Waals surface area contributed by atoms with Gasteiger partial charge < -0.3 is 5.32 Å². The van der Waals surface area contributed by atoms with Crippen LogP contribution >= 0.6 is 0 Å². The van der Waals surface area contributed by atoms with Crippen molar-refractivity contribution in [1.82, 2.24) is 20.8 Å². The van der Waals surface area contributed by atoms with Crippen molar-refractivity contribution >= 4 is 5.91 Å². The van der Waals surface area contributed by atoms with Gasteiger partial charge in [-0.15, -0.1) is 0 Å². The van der Waals surface area contributed by atoms with Crippen LogP contribution in [0.1, 0.15) is 36.6 Å². The van der Waals surface area contributed by atoms with Gasteiger partial charge in [0, 0.05) is 6.42 Å². The minimum absolute atomic E-state index is 0.144. The molecule has 19 heavy (non-hydrogen) atoms. The van der Waals surface area contributed by atoms with Crippen LogP contribution in [0.25, 0.3) is 0 Å². The van der Waals surface area contributed by atoms with Gasteiger partial charge in [-0.25, -0.2) is 8.78 Å². The van der Waals surface area contributed by atoms with Gasteiger partial charge in [0.05, 0.1) is 30.5 Å². The number of hydrogen-bond acceptors (Lipinski definition) is 3. The number of nitrogens with zero attached hydrogens (tertiary/aromatic N) is 1. The Bertz CT molecular complexity index is 488. The minimum Gasteiger partial charge on any atom is -0.346 e. The topological polar surface area (TPSA) is 69.8 Å². The first-order valence-corrected chi connectivity index (χ1v) is 6.49. The molecule has 1 aliphatic carbocycles. The second-order valence-electron chi connectivity index (χ2n) is 5.26. The molecule has 1 amide bonds. The molecule has 1 aromatic rings. The molecule has 0 bridgehead atoms. The third-order valence-corrected chi connectivity index (χ3v) is 3.78. The van der Waals surface area contributed by atoms with E-state index in [1.165, 1.54) is 0 Å². The summed E-state index contributed by atoms with van der Waals surface area (Å²) in [4.78, 5) is 12.0. The predicted molar refractivity (Wildman–Crippen MR) is 63.8 cm³/mol. The van der Waals surface area contributed by atoms with E-state index in [2.05, 4.69) is 20.8 Å². The summed E-state index contributed by atoms with van der Waals surface area (Å²) in [5, 5.41) is 12.3. The van der Waals surface area contributed by atoms with Crippen LogP contribution in [-0.4, -0.2) is 34.6 Å². The van der Waals surface area contributed by atoms with E-state index < -0.39 is 24.9 Å².